The number of hydrogen-bond acceptors (Lipinski definition) is 14. The highest BCUT2D eigenvalue weighted by Gasteiger charge is 2.51. The Labute approximate surface area is 529 Å². The van der Waals surface area contributed by atoms with Crippen molar-refractivity contribution in [3.05, 3.63) is 270 Å². The maximum absolute atomic E-state index is 12.9. The molecule has 12 aromatic rings. The predicted molar refractivity (Wildman–Crippen MR) is 354 cm³/mol. The number of carbonyl (C=O) groups excluding carboxylic acids is 3. The van der Waals surface area contributed by atoms with Gasteiger partial charge >= 0.3 is 6.18 Å². The lowest BCUT2D eigenvalue weighted by Crippen LogP contribution is -2.39. The topological polar surface area (TPSA) is 204 Å². The van der Waals surface area contributed by atoms with Crippen molar-refractivity contribution in [3.63, 3.8) is 0 Å². The summed E-state index contributed by atoms with van der Waals surface area (Å²) in [6.45, 7) is 5.26. The maximum atomic E-state index is 12.9. The maximum Gasteiger partial charge on any atom is 0.421 e. The SMILES string of the molecule is CC(=O)c1ccc(S(O)(O)c2ccnc3ccccc23)cc1.CC(=O)c1ccc(S)cc1.CC(=O)c1ccc(Sc2ccnc3ccccc23)cc1.CC(O)(c1ccc(S(O)(O)c2ccnc3ccccc23)cc1)C(F)(F)F.Clc1ccnc2ccccc12. The Morgan fingerprint density at radius 2 is 0.787 bits per heavy atom. The number of nitrogens with zero attached hydrogens (tertiary/aromatic N) is 4. The summed E-state index contributed by atoms with van der Waals surface area (Å²) in [5, 5.41) is 13.9. The van der Waals surface area contributed by atoms with Gasteiger partial charge in [0.25, 0.3) is 0 Å². The van der Waals surface area contributed by atoms with Crippen molar-refractivity contribution in [2.75, 3.05) is 0 Å². The summed E-state index contributed by atoms with van der Waals surface area (Å²) in [4.78, 5) is 54.5. The summed E-state index contributed by atoms with van der Waals surface area (Å²) in [5.41, 5.74) is 1.83. The highest BCUT2D eigenvalue weighted by molar-refractivity contribution is 8.24. The zero-order valence-corrected chi connectivity index (χ0v) is 52.1. The molecule has 0 bridgehead atoms. The van der Waals surface area contributed by atoms with Crippen LogP contribution in [0.2, 0.25) is 5.02 Å². The number of para-hydroxylation sites is 4. The van der Waals surface area contributed by atoms with E-state index in [1.54, 1.807) is 123 Å². The number of carbonyl (C=O) groups is 3. The lowest BCUT2D eigenvalue weighted by Gasteiger charge is -2.34. The summed E-state index contributed by atoms with van der Waals surface area (Å²) >= 11 is 11.7. The van der Waals surface area contributed by atoms with Gasteiger partial charge in [-0.2, -0.15) is 13.2 Å². The Kier molecular flexibility index (Phi) is 22.0. The second-order valence-corrected chi connectivity index (χ2v) is 25.9. The second-order valence-electron chi connectivity index (χ2n) is 19.8. The zero-order valence-electron chi connectivity index (χ0n) is 48.0. The van der Waals surface area contributed by atoms with Crippen LogP contribution in [0, 0.1) is 0 Å². The molecule has 12 rings (SSSR count). The first-order valence-corrected chi connectivity index (χ1v) is 31.8. The van der Waals surface area contributed by atoms with Crippen LogP contribution in [-0.4, -0.2) is 66.8 Å². The van der Waals surface area contributed by atoms with E-state index < -0.39 is 33.0 Å². The second kappa shape index (κ2) is 29.3. The van der Waals surface area contributed by atoms with Crippen LogP contribution in [0.3, 0.4) is 0 Å². The largest absolute Gasteiger partial charge is 0.421 e. The smallest absolute Gasteiger partial charge is 0.376 e. The number of alkyl halides is 3. The zero-order chi connectivity index (χ0) is 64.1. The third-order valence-corrected chi connectivity index (χ3v) is 19.2. The quantitative estimate of drug-likeness (QED) is 0.0558. The molecule has 0 aliphatic heterocycles. The Bertz CT molecular complexity index is 4430. The molecule has 12 nitrogen and oxygen atoms in total. The molecule has 4 aromatic heterocycles. The fourth-order valence-corrected chi connectivity index (χ4v) is 13.0. The fraction of sp³-hybridized carbons (Fsp3) is 0.0870. The highest BCUT2D eigenvalue weighted by Crippen LogP contribution is 2.58. The number of ketones is 3. The Morgan fingerprint density at radius 1 is 0.449 bits per heavy atom. The number of aliphatic hydroxyl groups is 1. The van der Waals surface area contributed by atoms with E-state index in [1.807, 2.05) is 103 Å². The number of thiol groups is 1. The minimum atomic E-state index is -4.85. The van der Waals surface area contributed by atoms with Crippen LogP contribution >= 0.6 is 57.2 Å². The number of hydrogen-bond donors (Lipinski definition) is 6. The van der Waals surface area contributed by atoms with Gasteiger partial charge < -0.3 is 5.11 Å². The van der Waals surface area contributed by atoms with Crippen molar-refractivity contribution in [3.8, 4) is 0 Å². The molecule has 4 heterocycles. The van der Waals surface area contributed by atoms with E-state index in [4.69, 9.17) is 11.6 Å². The van der Waals surface area contributed by atoms with E-state index in [2.05, 4.69) is 38.6 Å². The van der Waals surface area contributed by atoms with Crippen LogP contribution in [0.4, 0.5) is 13.2 Å². The van der Waals surface area contributed by atoms with Crippen molar-refractivity contribution in [1.82, 2.24) is 19.9 Å². The Balaban J connectivity index is 0.000000150. The molecule has 0 saturated heterocycles. The minimum absolute atomic E-state index is 0.0515. The molecule has 1 unspecified atom stereocenters. The predicted octanol–water partition coefficient (Wildman–Crippen LogP) is 19.4. The summed E-state index contributed by atoms with van der Waals surface area (Å²) in [6.07, 6.45) is 1.70. The van der Waals surface area contributed by atoms with Gasteiger partial charge in [-0.1, -0.05) is 133 Å². The molecular formula is C69H58ClF3N4O8S4. The molecule has 0 amide bonds. The standard InChI is InChI=1S/C18H16F3NO3S.C17H15NO3S.C17H13NOS.C9H6ClN.C8H8OS/c1-17(23,18(19,20)21)12-6-8-13(9-7-12)26(24,25)16-10-11-22-15-5-3-2-4-14(15)16;1-12(19)13-6-8-14(9-7-13)22(20,21)17-10-11-18-16-5-3-2-4-15(16)17;1-12(19)13-6-8-14(9-7-13)20-17-10-11-18-16-5-3-2-4-15(16)17;10-8-5-6-11-9-4-2-1-3-7(8)9;1-6(9)7-2-4-8(10)5-3-7/h2-11,23-25H,1H3;2-11,20-21H,1H3;2-11H,1H3;1-6H;2-5,10H,1H3. The lowest BCUT2D eigenvalue weighted by atomic mass is 9.96. The van der Waals surface area contributed by atoms with Gasteiger partial charge in [-0.3, -0.25) is 52.5 Å². The summed E-state index contributed by atoms with van der Waals surface area (Å²) in [5.74, 6) is 0.127. The van der Waals surface area contributed by atoms with Crippen LogP contribution in [0.5, 0.6) is 0 Å². The Hall–Kier alpha value is -8.31. The number of Topliss-reactive ketones (excluding diaryl/α,β-unsaturated/α-hetero) is 3. The normalized spacial score (nSPS) is 12.3. The van der Waals surface area contributed by atoms with E-state index in [9.17, 15) is 50.9 Å². The van der Waals surface area contributed by atoms with Gasteiger partial charge in [0, 0.05) is 77.7 Å². The van der Waals surface area contributed by atoms with E-state index in [1.165, 1.54) is 36.2 Å². The molecule has 0 radical (unpaired) electrons. The van der Waals surface area contributed by atoms with E-state index in [0.29, 0.717) is 44.1 Å². The van der Waals surface area contributed by atoms with Gasteiger partial charge in [-0.05, 0) is 142 Å². The molecule has 454 valence electrons. The molecule has 8 aromatic carbocycles. The first kappa shape index (κ1) is 66.6. The lowest BCUT2D eigenvalue weighted by molar-refractivity contribution is -0.258. The van der Waals surface area contributed by atoms with Crippen molar-refractivity contribution in [1.29, 1.82) is 0 Å². The Morgan fingerprint density at radius 3 is 1.20 bits per heavy atom. The fourth-order valence-electron chi connectivity index (χ4n) is 8.70. The van der Waals surface area contributed by atoms with Crippen molar-refractivity contribution >= 4 is 118 Å². The minimum Gasteiger partial charge on any atom is -0.376 e. The van der Waals surface area contributed by atoms with Gasteiger partial charge in [0.2, 0.25) is 0 Å². The van der Waals surface area contributed by atoms with Gasteiger partial charge in [-0.15, -0.1) is 33.8 Å². The van der Waals surface area contributed by atoms with Crippen molar-refractivity contribution in [2.45, 2.75) is 73.7 Å². The van der Waals surface area contributed by atoms with Gasteiger partial charge in [0.1, 0.15) is 0 Å². The first-order chi connectivity index (χ1) is 42.4. The average molecular weight is 1290 g/mol. The van der Waals surface area contributed by atoms with Crippen LogP contribution < -0.4 is 0 Å². The molecule has 1 atom stereocenters. The molecule has 20 heteroatoms. The average Bonchev–Trinajstić information content (AvgIpc) is 1.03. The number of rotatable bonds is 10. The summed E-state index contributed by atoms with van der Waals surface area (Å²) in [7, 11) is -6.63. The molecule has 0 aliphatic carbocycles. The van der Waals surface area contributed by atoms with Gasteiger partial charge in [0.15, 0.2) is 23.0 Å². The first-order valence-electron chi connectivity index (χ1n) is 27.0. The van der Waals surface area contributed by atoms with Crippen molar-refractivity contribution in [2.24, 2.45) is 0 Å². The third-order valence-electron chi connectivity index (χ3n) is 13.7. The van der Waals surface area contributed by atoms with Crippen LogP contribution in [0.25, 0.3) is 43.6 Å². The van der Waals surface area contributed by atoms with E-state index in [0.717, 1.165) is 59.9 Å². The number of pyridine rings is 4. The van der Waals surface area contributed by atoms with Crippen LogP contribution in [0.1, 0.15) is 64.3 Å². The number of benzene rings is 8. The molecule has 89 heavy (non-hydrogen) atoms. The monoisotopic (exact) mass is 1290 g/mol. The molecule has 0 aliphatic rings. The molecule has 0 fully saturated rings. The van der Waals surface area contributed by atoms with Gasteiger partial charge in [0.05, 0.1) is 46.7 Å². The van der Waals surface area contributed by atoms with E-state index >= 15 is 0 Å². The molecule has 0 saturated carbocycles. The van der Waals surface area contributed by atoms with Crippen molar-refractivity contribution < 1.29 is 50.9 Å². The third kappa shape index (κ3) is 16.5. The van der Waals surface area contributed by atoms with Crippen LogP contribution in [0.15, 0.2) is 277 Å². The number of fused-ring (bicyclic) bond motifs is 4. The molecular weight excluding hydrogens is 1230 g/mol. The van der Waals surface area contributed by atoms with Gasteiger partial charge in [-0.25, -0.2) is 0 Å². The van der Waals surface area contributed by atoms with E-state index in [-0.39, 0.29) is 32.7 Å². The summed E-state index contributed by atoms with van der Waals surface area (Å²) in [6, 6.07) is 62.7. The number of aromatic nitrogens is 4. The summed E-state index contributed by atoms with van der Waals surface area (Å²) < 4.78 is 81.7. The highest BCUT2D eigenvalue weighted by atomic mass is 35.5. The number of halogens is 4. The molecule has 0 spiro atoms. The van der Waals surface area contributed by atoms with Crippen LogP contribution in [-0.2, 0) is 5.60 Å². The molecule has 5 N–H and O–H groups in total.